The largest absolute Gasteiger partial charge is 0.356 e. The second-order valence-electron chi connectivity index (χ2n) is 10.1. The Balaban J connectivity index is 1.67. The van der Waals surface area contributed by atoms with Gasteiger partial charge in [0.2, 0.25) is 0 Å². The van der Waals surface area contributed by atoms with Crippen molar-refractivity contribution in [1.82, 2.24) is 0 Å². The maximum Gasteiger partial charge on any atom is 0.173 e. The van der Waals surface area contributed by atoms with Gasteiger partial charge in [-0.15, -0.1) is 0 Å². The van der Waals surface area contributed by atoms with Crippen LogP contribution in [0.5, 0.6) is 0 Å². The number of unbranched alkanes of at least 4 members (excludes halogenated alkanes) is 4. The number of rotatable bonds is 15. The van der Waals surface area contributed by atoms with Gasteiger partial charge < -0.3 is 9.47 Å². The van der Waals surface area contributed by atoms with Crippen molar-refractivity contribution >= 4 is 42.9 Å². The lowest BCUT2D eigenvalue weighted by atomic mass is 10.0. The number of benzene rings is 3. The van der Waals surface area contributed by atoms with Gasteiger partial charge in [-0.1, -0.05) is 67.1 Å². The summed E-state index contributed by atoms with van der Waals surface area (Å²) in [5.41, 5.74) is 5.72. The molecule has 2 nitrogen and oxygen atoms in total. The molecule has 0 bridgehead atoms. The van der Waals surface area contributed by atoms with E-state index in [0.717, 1.165) is 32.1 Å². The summed E-state index contributed by atoms with van der Waals surface area (Å²) in [6.45, 7) is 6.88. The Bertz CT molecular complexity index is 1120. The first-order valence-corrected chi connectivity index (χ1v) is 18.5. The highest BCUT2D eigenvalue weighted by molar-refractivity contribution is 14.2. The fourth-order valence-corrected chi connectivity index (χ4v) is 13.4. The van der Waals surface area contributed by atoms with Crippen LogP contribution in [-0.4, -0.2) is 20.5 Å². The summed E-state index contributed by atoms with van der Waals surface area (Å²) in [6, 6.07) is 25.0. The number of aryl methyl sites for hydroxylation is 3. The van der Waals surface area contributed by atoms with Gasteiger partial charge in [0.15, 0.2) is 33.2 Å². The molecule has 204 valence electrons. The lowest BCUT2D eigenvalue weighted by Gasteiger charge is -2.25. The second-order valence-corrected chi connectivity index (χ2v) is 17.1. The molecule has 4 heteroatoms. The van der Waals surface area contributed by atoms with Crippen LogP contribution in [0.25, 0.3) is 0 Å². The van der Waals surface area contributed by atoms with Crippen LogP contribution >= 0.6 is 26.9 Å². The Labute approximate surface area is 245 Å². The third-order valence-electron chi connectivity index (χ3n) is 7.46. The molecular formula is C34H45IO2P+. The highest BCUT2D eigenvalue weighted by Gasteiger charge is 2.46. The normalized spacial score (nSPS) is 12.1. The maximum atomic E-state index is 5.26. The smallest absolute Gasteiger partial charge is 0.173 e. The molecule has 0 fully saturated rings. The first-order chi connectivity index (χ1) is 18.4. The number of hydrogen-bond acceptors (Lipinski definition) is 2. The van der Waals surface area contributed by atoms with Crippen LogP contribution < -0.4 is 15.9 Å². The maximum absolute atomic E-state index is 5.26. The van der Waals surface area contributed by atoms with E-state index in [-0.39, 0.29) is 6.29 Å². The van der Waals surface area contributed by atoms with Crippen molar-refractivity contribution < 1.29 is 9.47 Å². The standard InChI is InChI=1S/C34H45IO2P/c1-27-19-14-16-23-31(27)38(35,32-24-17-15-20-28(32)2)33-25-18-22-30(29(33)3)21-12-10-8-6-7-9-11-13-26-34(36-4)37-5/h6,8,14-20,22-25,34H,7,9-13,21,26H2,1-5H3/q+1/b8-6+. The Morgan fingerprint density at radius 2 is 1.24 bits per heavy atom. The molecule has 0 aliphatic carbocycles. The van der Waals surface area contributed by atoms with E-state index in [9.17, 15) is 0 Å². The minimum atomic E-state index is -1.80. The topological polar surface area (TPSA) is 18.5 Å². The number of ether oxygens (including phenoxy) is 2. The van der Waals surface area contributed by atoms with Gasteiger partial charge in [-0.25, -0.2) is 0 Å². The molecule has 0 spiro atoms. The van der Waals surface area contributed by atoms with E-state index >= 15 is 0 Å². The summed E-state index contributed by atoms with van der Waals surface area (Å²) in [5, 5.41) is 4.48. The van der Waals surface area contributed by atoms with Gasteiger partial charge in [0.25, 0.3) is 0 Å². The van der Waals surface area contributed by atoms with Gasteiger partial charge in [0.05, 0.1) is 0 Å². The highest BCUT2D eigenvalue weighted by Crippen LogP contribution is 2.65. The molecule has 0 unspecified atom stereocenters. The number of halogens is 1. The summed E-state index contributed by atoms with van der Waals surface area (Å²) in [4.78, 5) is -1.80. The molecular weight excluding hydrogens is 598 g/mol. The zero-order chi connectivity index (χ0) is 27.4. The van der Waals surface area contributed by atoms with E-state index in [1.807, 2.05) is 0 Å². The molecule has 0 aromatic heterocycles. The first kappa shape index (κ1) is 31.0. The molecule has 0 heterocycles. The predicted molar refractivity (Wildman–Crippen MR) is 176 cm³/mol. The van der Waals surface area contributed by atoms with E-state index in [4.69, 9.17) is 9.47 Å². The van der Waals surface area contributed by atoms with Gasteiger partial charge in [-0.3, -0.25) is 0 Å². The van der Waals surface area contributed by atoms with Crippen molar-refractivity contribution in [3.8, 4) is 0 Å². The van der Waals surface area contributed by atoms with Gasteiger partial charge in [0.1, 0.15) is 15.9 Å². The van der Waals surface area contributed by atoms with Crippen molar-refractivity contribution in [3.63, 3.8) is 0 Å². The van der Waals surface area contributed by atoms with E-state index in [2.05, 4.69) is 122 Å². The molecule has 3 rings (SSSR count). The number of hydrogen-bond donors (Lipinski definition) is 0. The Morgan fingerprint density at radius 3 is 1.82 bits per heavy atom. The van der Waals surface area contributed by atoms with Crippen molar-refractivity contribution in [2.24, 2.45) is 0 Å². The van der Waals surface area contributed by atoms with Crippen molar-refractivity contribution in [3.05, 3.63) is 101 Å². The van der Waals surface area contributed by atoms with Crippen LogP contribution in [0.3, 0.4) is 0 Å². The molecule has 0 saturated carbocycles. The van der Waals surface area contributed by atoms with Crippen LogP contribution in [0, 0.1) is 20.8 Å². The van der Waals surface area contributed by atoms with Crippen LogP contribution in [0.4, 0.5) is 0 Å². The quantitative estimate of drug-likeness (QED) is 0.0543. The predicted octanol–water partition coefficient (Wildman–Crippen LogP) is 8.70. The molecule has 3 aromatic rings. The average Bonchev–Trinajstić information content (AvgIpc) is 2.93. The van der Waals surface area contributed by atoms with E-state index in [1.165, 1.54) is 57.4 Å². The van der Waals surface area contributed by atoms with Crippen molar-refractivity contribution in [2.75, 3.05) is 14.2 Å². The van der Waals surface area contributed by atoms with Gasteiger partial charge in [-0.2, -0.15) is 0 Å². The summed E-state index contributed by atoms with van der Waals surface area (Å²) in [6.07, 6.45) is 13.9. The zero-order valence-electron chi connectivity index (χ0n) is 23.9. The Kier molecular flexibility index (Phi) is 13.0. The van der Waals surface area contributed by atoms with E-state index in [0.29, 0.717) is 0 Å². The van der Waals surface area contributed by atoms with Crippen molar-refractivity contribution in [2.45, 2.75) is 78.4 Å². The minimum absolute atomic E-state index is 0.0552. The summed E-state index contributed by atoms with van der Waals surface area (Å²) < 4.78 is 10.5. The molecule has 0 atom stereocenters. The molecule has 0 N–H and O–H groups in total. The fraction of sp³-hybridized carbons (Fsp3) is 0.412. The summed E-state index contributed by atoms with van der Waals surface area (Å²) in [7, 11) is 3.42. The second kappa shape index (κ2) is 15.9. The molecule has 0 radical (unpaired) electrons. The molecule has 0 aliphatic rings. The molecule has 38 heavy (non-hydrogen) atoms. The van der Waals surface area contributed by atoms with Crippen molar-refractivity contribution in [1.29, 1.82) is 0 Å². The van der Waals surface area contributed by atoms with E-state index in [1.54, 1.807) is 14.2 Å². The Hall–Kier alpha value is -1.52. The van der Waals surface area contributed by atoms with Crippen LogP contribution in [-0.2, 0) is 15.9 Å². The molecule has 0 amide bonds. The Morgan fingerprint density at radius 1 is 0.684 bits per heavy atom. The monoisotopic (exact) mass is 643 g/mol. The van der Waals surface area contributed by atoms with Gasteiger partial charge in [-0.05, 0) is 106 Å². The van der Waals surface area contributed by atoms with Crippen LogP contribution in [0.1, 0.15) is 67.2 Å². The molecule has 3 aromatic carbocycles. The third kappa shape index (κ3) is 8.01. The summed E-state index contributed by atoms with van der Waals surface area (Å²) >= 11 is 2.83. The van der Waals surface area contributed by atoms with Gasteiger partial charge in [0, 0.05) is 14.2 Å². The lowest BCUT2D eigenvalue weighted by Crippen LogP contribution is -2.31. The number of allylic oxidation sites excluding steroid dienone is 2. The van der Waals surface area contributed by atoms with E-state index < -0.39 is 4.90 Å². The number of methoxy groups -OCH3 is 2. The average molecular weight is 644 g/mol. The fourth-order valence-electron chi connectivity index (χ4n) is 5.21. The van der Waals surface area contributed by atoms with Crippen LogP contribution in [0.15, 0.2) is 78.9 Å². The highest BCUT2D eigenvalue weighted by atomic mass is 127. The minimum Gasteiger partial charge on any atom is -0.356 e. The zero-order valence-corrected chi connectivity index (χ0v) is 26.9. The van der Waals surface area contributed by atoms with Gasteiger partial charge >= 0.3 is 0 Å². The molecule has 0 saturated heterocycles. The third-order valence-corrected chi connectivity index (χ3v) is 15.6. The SMILES string of the molecule is COC(CCCCC/C=C/CCCc1cccc([P+](I)(c2ccccc2C)c2ccccc2C)c1C)OC. The lowest BCUT2D eigenvalue weighted by molar-refractivity contribution is -0.107. The first-order valence-electron chi connectivity index (χ1n) is 13.9. The van der Waals surface area contributed by atoms with Crippen LogP contribution in [0.2, 0.25) is 0 Å². The summed E-state index contributed by atoms with van der Waals surface area (Å²) in [5.74, 6) is 0. The molecule has 0 aliphatic heterocycles.